The maximum absolute atomic E-state index is 11.5. The van der Waals surface area contributed by atoms with Crippen molar-refractivity contribution in [1.29, 1.82) is 0 Å². The highest BCUT2D eigenvalue weighted by molar-refractivity contribution is 5.93. The Bertz CT molecular complexity index is 681. The van der Waals surface area contributed by atoms with Gasteiger partial charge in [0.2, 0.25) is 5.91 Å². The van der Waals surface area contributed by atoms with Gasteiger partial charge in [-0.05, 0) is 12.1 Å². The Hall–Kier alpha value is -2.90. The number of hydrogen-bond donors (Lipinski definition) is 2. The van der Waals surface area contributed by atoms with Gasteiger partial charge >= 0.3 is 5.97 Å². The van der Waals surface area contributed by atoms with Crippen LogP contribution in [0.1, 0.15) is 10.5 Å². The van der Waals surface area contributed by atoms with Crippen molar-refractivity contribution in [3.05, 3.63) is 30.0 Å². The van der Waals surface area contributed by atoms with Crippen molar-refractivity contribution in [3.8, 4) is 17.0 Å². The summed E-state index contributed by atoms with van der Waals surface area (Å²) in [6.07, 6.45) is 0. The van der Waals surface area contributed by atoms with E-state index in [-0.39, 0.29) is 23.8 Å². The number of carbonyl (C=O) groups is 2. The van der Waals surface area contributed by atoms with Crippen LogP contribution in [0, 0.1) is 0 Å². The zero-order valence-electron chi connectivity index (χ0n) is 11.5. The van der Waals surface area contributed by atoms with Gasteiger partial charge in [0, 0.05) is 12.6 Å². The molecule has 0 saturated heterocycles. The van der Waals surface area contributed by atoms with E-state index in [1.807, 2.05) is 0 Å². The van der Waals surface area contributed by atoms with Gasteiger partial charge in [0.15, 0.2) is 5.69 Å². The lowest BCUT2D eigenvalue weighted by Crippen LogP contribution is -2.24. The van der Waals surface area contributed by atoms with Gasteiger partial charge in [-0.15, -0.1) is 5.10 Å². The fourth-order valence-electron chi connectivity index (χ4n) is 1.84. The lowest BCUT2D eigenvalue weighted by Gasteiger charge is -2.08. The summed E-state index contributed by atoms with van der Waals surface area (Å²) in [4.78, 5) is 22.8. The van der Waals surface area contributed by atoms with E-state index in [0.29, 0.717) is 11.3 Å². The summed E-state index contributed by atoms with van der Waals surface area (Å²) in [5.74, 6) is -0.950. The Morgan fingerprint density at radius 2 is 2.19 bits per heavy atom. The van der Waals surface area contributed by atoms with E-state index >= 15 is 0 Å². The van der Waals surface area contributed by atoms with Crippen LogP contribution in [-0.4, -0.2) is 46.1 Å². The lowest BCUT2D eigenvalue weighted by molar-refractivity contribution is -0.121. The third kappa shape index (κ3) is 2.99. The van der Waals surface area contributed by atoms with Gasteiger partial charge in [0.25, 0.3) is 0 Å². The number of aromatic carboxylic acids is 1. The molecule has 0 spiro atoms. The predicted molar refractivity (Wildman–Crippen MR) is 73.0 cm³/mol. The van der Waals surface area contributed by atoms with Crippen molar-refractivity contribution in [1.82, 2.24) is 20.3 Å². The van der Waals surface area contributed by atoms with Gasteiger partial charge in [-0.25, -0.2) is 9.48 Å². The smallest absolute Gasteiger partial charge is 0.358 e. The molecule has 2 rings (SSSR count). The number of amides is 1. The van der Waals surface area contributed by atoms with E-state index in [2.05, 4.69) is 15.6 Å². The molecule has 110 valence electrons. The Labute approximate surface area is 120 Å². The van der Waals surface area contributed by atoms with E-state index in [4.69, 9.17) is 4.74 Å². The molecule has 0 fully saturated rings. The summed E-state index contributed by atoms with van der Waals surface area (Å²) in [5, 5.41) is 19.0. The van der Waals surface area contributed by atoms with Crippen LogP contribution in [0.4, 0.5) is 0 Å². The third-order valence-corrected chi connectivity index (χ3v) is 2.85. The summed E-state index contributed by atoms with van der Waals surface area (Å²) < 4.78 is 6.37. The number of ether oxygens (including phenoxy) is 1. The van der Waals surface area contributed by atoms with Crippen LogP contribution in [0.2, 0.25) is 0 Å². The van der Waals surface area contributed by atoms with Crippen LogP contribution in [0.3, 0.4) is 0 Å². The second-order valence-corrected chi connectivity index (χ2v) is 4.15. The summed E-state index contributed by atoms with van der Waals surface area (Å²) in [6, 6.07) is 6.81. The van der Waals surface area contributed by atoms with E-state index < -0.39 is 5.97 Å². The maximum atomic E-state index is 11.5. The van der Waals surface area contributed by atoms with Crippen molar-refractivity contribution in [2.75, 3.05) is 14.2 Å². The quantitative estimate of drug-likeness (QED) is 0.825. The first-order valence-corrected chi connectivity index (χ1v) is 6.08. The Morgan fingerprint density at radius 3 is 2.81 bits per heavy atom. The Morgan fingerprint density at radius 1 is 1.43 bits per heavy atom. The van der Waals surface area contributed by atoms with E-state index in [9.17, 15) is 14.7 Å². The monoisotopic (exact) mass is 290 g/mol. The Kier molecular flexibility index (Phi) is 4.17. The summed E-state index contributed by atoms with van der Waals surface area (Å²) in [5.41, 5.74) is 0.595. The number of nitrogens with one attached hydrogen (secondary N) is 1. The zero-order valence-corrected chi connectivity index (χ0v) is 11.5. The normalized spacial score (nSPS) is 10.2. The minimum absolute atomic E-state index is 0.122. The van der Waals surface area contributed by atoms with Gasteiger partial charge in [-0.2, -0.15) is 0 Å². The molecule has 0 aliphatic rings. The van der Waals surface area contributed by atoms with Crippen LogP contribution in [0.15, 0.2) is 24.3 Å². The average Bonchev–Trinajstić information content (AvgIpc) is 2.91. The topological polar surface area (TPSA) is 106 Å². The lowest BCUT2D eigenvalue weighted by atomic mass is 10.1. The molecule has 8 nitrogen and oxygen atoms in total. The molecule has 1 amide bonds. The first-order valence-electron chi connectivity index (χ1n) is 6.08. The molecule has 0 aliphatic carbocycles. The number of rotatable bonds is 5. The van der Waals surface area contributed by atoms with Crippen molar-refractivity contribution in [2.45, 2.75) is 6.54 Å². The summed E-state index contributed by atoms with van der Waals surface area (Å²) in [6.45, 7) is -0.122. The van der Waals surface area contributed by atoms with E-state index in [1.165, 1.54) is 18.8 Å². The summed E-state index contributed by atoms with van der Waals surface area (Å²) in [7, 11) is 3.00. The molecular formula is C13H14N4O4. The molecule has 21 heavy (non-hydrogen) atoms. The molecule has 2 aromatic rings. The standard InChI is InChI=1S/C13H14N4O4/c1-14-10(18)7-17-12(11(13(19)20)15-16-17)8-4-3-5-9(6-8)21-2/h3-6H,7H2,1-2H3,(H,14,18)(H,19,20). The number of benzene rings is 1. The van der Waals surface area contributed by atoms with Crippen molar-refractivity contribution in [3.63, 3.8) is 0 Å². The minimum Gasteiger partial charge on any atom is -0.497 e. The number of methoxy groups -OCH3 is 1. The van der Waals surface area contributed by atoms with Gasteiger partial charge in [-0.1, -0.05) is 17.3 Å². The highest BCUT2D eigenvalue weighted by Gasteiger charge is 2.21. The molecule has 0 atom stereocenters. The van der Waals surface area contributed by atoms with Gasteiger partial charge in [-0.3, -0.25) is 4.79 Å². The highest BCUT2D eigenvalue weighted by atomic mass is 16.5. The Balaban J connectivity index is 2.54. The average molecular weight is 290 g/mol. The number of nitrogens with zero attached hydrogens (tertiary/aromatic N) is 3. The predicted octanol–water partition coefficient (Wildman–Crippen LogP) is 0.398. The number of aromatic nitrogens is 3. The fraction of sp³-hybridized carbons (Fsp3) is 0.231. The largest absolute Gasteiger partial charge is 0.497 e. The molecule has 0 bridgehead atoms. The second kappa shape index (κ2) is 6.04. The van der Waals surface area contributed by atoms with Gasteiger partial charge < -0.3 is 15.2 Å². The molecule has 1 aromatic carbocycles. The van der Waals surface area contributed by atoms with Crippen LogP contribution < -0.4 is 10.1 Å². The number of carboxylic acids is 1. The number of carbonyl (C=O) groups excluding carboxylic acids is 1. The van der Waals surface area contributed by atoms with Crippen LogP contribution in [0.25, 0.3) is 11.3 Å². The van der Waals surface area contributed by atoms with Crippen LogP contribution >= 0.6 is 0 Å². The molecule has 1 aromatic heterocycles. The zero-order chi connectivity index (χ0) is 15.4. The molecule has 0 unspecified atom stereocenters. The first-order chi connectivity index (χ1) is 10.1. The molecule has 0 saturated carbocycles. The maximum Gasteiger partial charge on any atom is 0.358 e. The van der Waals surface area contributed by atoms with Crippen molar-refractivity contribution in [2.24, 2.45) is 0 Å². The highest BCUT2D eigenvalue weighted by Crippen LogP contribution is 2.26. The van der Waals surface area contributed by atoms with Gasteiger partial charge in [0.05, 0.1) is 7.11 Å². The third-order valence-electron chi connectivity index (χ3n) is 2.85. The number of hydrogen-bond acceptors (Lipinski definition) is 5. The molecule has 2 N–H and O–H groups in total. The molecule has 8 heteroatoms. The van der Waals surface area contributed by atoms with E-state index in [0.717, 1.165) is 0 Å². The van der Waals surface area contributed by atoms with Crippen molar-refractivity contribution < 1.29 is 19.4 Å². The number of carboxylic acid groups (broad SMARTS) is 1. The second-order valence-electron chi connectivity index (χ2n) is 4.15. The molecule has 0 radical (unpaired) electrons. The van der Waals surface area contributed by atoms with Crippen LogP contribution in [0.5, 0.6) is 5.75 Å². The molecule has 1 heterocycles. The SMILES string of the molecule is CNC(=O)Cn1nnc(C(=O)O)c1-c1cccc(OC)c1. The number of likely N-dealkylation sites (N-methyl/N-ethyl adjacent to an activating group) is 1. The minimum atomic E-state index is -1.21. The van der Waals surface area contributed by atoms with Crippen molar-refractivity contribution >= 4 is 11.9 Å². The van der Waals surface area contributed by atoms with Gasteiger partial charge in [0.1, 0.15) is 18.0 Å². The fourth-order valence-corrected chi connectivity index (χ4v) is 1.84. The molecule has 0 aliphatic heterocycles. The van der Waals surface area contributed by atoms with Crippen LogP contribution in [-0.2, 0) is 11.3 Å². The van der Waals surface area contributed by atoms with E-state index in [1.54, 1.807) is 24.3 Å². The molecular weight excluding hydrogens is 276 g/mol. The first kappa shape index (κ1) is 14.5. The summed E-state index contributed by atoms with van der Waals surface area (Å²) >= 11 is 0.